The van der Waals surface area contributed by atoms with Gasteiger partial charge < -0.3 is 9.15 Å². The second kappa shape index (κ2) is 4.66. The van der Waals surface area contributed by atoms with E-state index < -0.39 is 0 Å². The van der Waals surface area contributed by atoms with E-state index in [2.05, 4.69) is 9.97 Å². The van der Waals surface area contributed by atoms with E-state index in [-0.39, 0.29) is 5.28 Å². The van der Waals surface area contributed by atoms with Crippen LogP contribution in [0.1, 0.15) is 5.76 Å². The Labute approximate surface area is 108 Å². The van der Waals surface area contributed by atoms with Gasteiger partial charge in [-0.2, -0.15) is 4.98 Å². The van der Waals surface area contributed by atoms with E-state index in [4.69, 9.17) is 20.8 Å². The van der Waals surface area contributed by atoms with Crippen LogP contribution in [0, 0.1) is 0 Å². The van der Waals surface area contributed by atoms with E-state index in [1.54, 1.807) is 6.26 Å². The van der Waals surface area contributed by atoms with Crippen LogP contribution in [0.3, 0.4) is 0 Å². The first-order valence-electron chi connectivity index (χ1n) is 5.40. The lowest BCUT2D eigenvalue weighted by molar-refractivity contribution is 0.263. The fourth-order valence-electron chi connectivity index (χ4n) is 1.66. The summed E-state index contributed by atoms with van der Waals surface area (Å²) in [5.41, 5.74) is 0.756. The minimum atomic E-state index is 0.170. The van der Waals surface area contributed by atoms with Gasteiger partial charge in [-0.1, -0.05) is 12.1 Å². The average molecular weight is 261 g/mol. The molecule has 0 saturated heterocycles. The molecule has 0 spiro atoms. The first kappa shape index (κ1) is 11.0. The van der Waals surface area contributed by atoms with Crippen molar-refractivity contribution in [3.05, 3.63) is 53.7 Å². The minimum absolute atomic E-state index is 0.170. The van der Waals surface area contributed by atoms with Crippen LogP contribution in [0.2, 0.25) is 5.28 Å². The summed E-state index contributed by atoms with van der Waals surface area (Å²) in [5.74, 6) is 1.19. The zero-order valence-corrected chi connectivity index (χ0v) is 10.1. The van der Waals surface area contributed by atoms with E-state index in [9.17, 15) is 0 Å². The van der Waals surface area contributed by atoms with Gasteiger partial charge in [0.15, 0.2) is 0 Å². The Kier molecular flexibility index (Phi) is 2.86. The number of ether oxygens (including phenoxy) is 1. The van der Waals surface area contributed by atoms with E-state index >= 15 is 0 Å². The van der Waals surface area contributed by atoms with E-state index in [1.807, 2.05) is 36.4 Å². The Bertz CT molecular complexity index is 668. The van der Waals surface area contributed by atoms with Crippen molar-refractivity contribution in [3.8, 4) is 5.88 Å². The highest BCUT2D eigenvalue weighted by atomic mass is 35.5. The van der Waals surface area contributed by atoms with Gasteiger partial charge in [0.2, 0.25) is 11.2 Å². The van der Waals surface area contributed by atoms with Crippen LogP contribution < -0.4 is 4.74 Å². The highest BCUT2D eigenvalue weighted by Crippen LogP contribution is 2.24. The molecule has 3 aromatic rings. The summed E-state index contributed by atoms with van der Waals surface area (Å²) in [5, 5.41) is 0.997. The van der Waals surface area contributed by atoms with E-state index in [0.717, 1.165) is 16.7 Å². The normalized spacial score (nSPS) is 10.7. The number of furan rings is 1. The maximum atomic E-state index is 5.86. The summed E-state index contributed by atoms with van der Waals surface area (Å²) in [6, 6.07) is 11.2. The highest BCUT2D eigenvalue weighted by Gasteiger charge is 2.08. The third kappa shape index (κ3) is 2.15. The van der Waals surface area contributed by atoms with Crippen LogP contribution in [-0.2, 0) is 6.61 Å². The summed E-state index contributed by atoms with van der Waals surface area (Å²) >= 11 is 5.86. The SMILES string of the molecule is Clc1nc(OCc2ccco2)c2ccccc2n1. The smallest absolute Gasteiger partial charge is 0.226 e. The predicted octanol–water partition coefficient (Wildman–Crippen LogP) is 3.46. The molecule has 2 aromatic heterocycles. The lowest BCUT2D eigenvalue weighted by Gasteiger charge is -2.06. The molecule has 3 rings (SSSR count). The third-order valence-electron chi connectivity index (χ3n) is 2.47. The van der Waals surface area contributed by atoms with Gasteiger partial charge in [0, 0.05) is 0 Å². The fraction of sp³-hybridized carbons (Fsp3) is 0.0769. The summed E-state index contributed by atoms with van der Waals surface area (Å²) < 4.78 is 10.8. The van der Waals surface area contributed by atoms with Crippen LogP contribution in [0.4, 0.5) is 0 Å². The lowest BCUT2D eigenvalue weighted by atomic mass is 10.2. The molecule has 0 saturated carbocycles. The molecule has 0 aliphatic heterocycles. The van der Waals surface area contributed by atoms with Gasteiger partial charge in [0.05, 0.1) is 17.2 Å². The van der Waals surface area contributed by atoms with Crippen molar-refractivity contribution >= 4 is 22.5 Å². The number of hydrogen-bond donors (Lipinski definition) is 0. The van der Waals surface area contributed by atoms with Gasteiger partial charge in [-0.15, -0.1) is 0 Å². The van der Waals surface area contributed by atoms with Gasteiger partial charge in [-0.05, 0) is 35.9 Å². The van der Waals surface area contributed by atoms with E-state index in [1.165, 1.54) is 0 Å². The average Bonchev–Trinajstić information content (AvgIpc) is 2.89. The van der Waals surface area contributed by atoms with E-state index in [0.29, 0.717) is 12.5 Å². The number of benzene rings is 1. The summed E-state index contributed by atoms with van der Waals surface area (Å²) in [7, 11) is 0. The van der Waals surface area contributed by atoms with Crippen LogP contribution in [0.25, 0.3) is 10.9 Å². The number of fused-ring (bicyclic) bond motifs is 1. The van der Waals surface area contributed by atoms with Crippen LogP contribution in [-0.4, -0.2) is 9.97 Å². The van der Waals surface area contributed by atoms with Crippen molar-refractivity contribution in [1.29, 1.82) is 0 Å². The van der Waals surface area contributed by atoms with Gasteiger partial charge in [-0.3, -0.25) is 0 Å². The summed E-state index contributed by atoms with van der Waals surface area (Å²) in [6.07, 6.45) is 1.60. The van der Waals surface area contributed by atoms with Gasteiger partial charge in [-0.25, -0.2) is 4.98 Å². The molecule has 90 valence electrons. The zero-order valence-electron chi connectivity index (χ0n) is 9.34. The van der Waals surface area contributed by atoms with Crippen molar-refractivity contribution < 1.29 is 9.15 Å². The molecular formula is C13H9ClN2O2. The zero-order chi connectivity index (χ0) is 12.4. The largest absolute Gasteiger partial charge is 0.469 e. The second-order valence-corrected chi connectivity index (χ2v) is 4.02. The molecule has 1 aromatic carbocycles. The number of hydrogen-bond acceptors (Lipinski definition) is 4. The fourth-order valence-corrected chi connectivity index (χ4v) is 1.83. The Hall–Kier alpha value is -2.07. The van der Waals surface area contributed by atoms with Crippen molar-refractivity contribution in [1.82, 2.24) is 9.97 Å². The molecule has 18 heavy (non-hydrogen) atoms. The lowest BCUT2D eigenvalue weighted by Crippen LogP contribution is -1.98. The molecule has 0 aliphatic carbocycles. The van der Waals surface area contributed by atoms with Crippen LogP contribution in [0.15, 0.2) is 47.1 Å². The van der Waals surface area contributed by atoms with Crippen molar-refractivity contribution in [2.24, 2.45) is 0 Å². The Morgan fingerprint density at radius 2 is 2.00 bits per heavy atom. The molecule has 0 N–H and O–H groups in total. The monoisotopic (exact) mass is 260 g/mol. The van der Waals surface area contributed by atoms with Crippen LogP contribution >= 0.6 is 11.6 Å². The first-order chi connectivity index (χ1) is 8.83. The molecule has 0 radical (unpaired) electrons. The molecule has 0 bridgehead atoms. The van der Waals surface area contributed by atoms with Crippen molar-refractivity contribution in [3.63, 3.8) is 0 Å². The van der Waals surface area contributed by atoms with Gasteiger partial charge in [0.25, 0.3) is 0 Å². The molecular weight excluding hydrogens is 252 g/mol. The highest BCUT2D eigenvalue weighted by molar-refractivity contribution is 6.28. The standard InChI is InChI=1S/C13H9ClN2O2/c14-13-15-11-6-2-1-5-10(11)12(16-13)18-8-9-4-3-7-17-9/h1-7H,8H2. The Balaban J connectivity index is 1.95. The maximum Gasteiger partial charge on any atom is 0.226 e. The summed E-state index contributed by atoms with van der Waals surface area (Å²) in [6.45, 7) is 0.310. The number of rotatable bonds is 3. The van der Waals surface area contributed by atoms with Gasteiger partial charge in [0.1, 0.15) is 12.4 Å². The van der Waals surface area contributed by atoms with Crippen molar-refractivity contribution in [2.45, 2.75) is 6.61 Å². The molecule has 5 heteroatoms. The number of nitrogens with zero attached hydrogens (tertiary/aromatic N) is 2. The van der Waals surface area contributed by atoms with Gasteiger partial charge >= 0.3 is 0 Å². The Morgan fingerprint density at radius 3 is 2.83 bits per heavy atom. The molecule has 2 heterocycles. The minimum Gasteiger partial charge on any atom is -0.469 e. The molecule has 0 atom stereocenters. The Morgan fingerprint density at radius 1 is 1.11 bits per heavy atom. The molecule has 0 amide bonds. The predicted molar refractivity (Wildman–Crippen MR) is 67.6 cm³/mol. The van der Waals surface area contributed by atoms with Crippen LogP contribution in [0.5, 0.6) is 5.88 Å². The maximum absolute atomic E-state index is 5.86. The molecule has 0 fully saturated rings. The molecule has 0 unspecified atom stereocenters. The first-order valence-corrected chi connectivity index (χ1v) is 5.78. The topological polar surface area (TPSA) is 48.2 Å². The quantitative estimate of drug-likeness (QED) is 0.677. The third-order valence-corrected chi connectivity index (χ3v) is 2.64. The number of aromatic nitrogens is 2. The number of para-hydroxylation sites is 1. The molecule has 4 nitrogen and oxygen atoms in total. The van der Waals surface area contributed by atoms with Crippen molar-refractivity contribution in [2.75, 3.05) is 0 Å². The second-order valence-electron chi connectivity index (χ2n) is 3.68. The summed E-state index contributed by atoms with van der Waals surface area (Å²) in [4.78, 5) is 8.22. The molecule has 0 aliphatic rings. The number of halogens is 1.